The van der Waals surface area contributed by atoms with E-state index in [1.54, 1.807) is 13.0 Å². The van der Waals surface area contributed by atoms with E-state index in [2.05, 4.69) is 16.8 Å². The van der Waals surface area contributed by atoms with Gasteiger partial charge in [-0.05, 0) is 19.1 Å². The van der Waals surface area contributed by atoms with E-state index in [0.717, 1.165) is 11.0 Å². The summed E-state index contributed by atoms with van der Waals surface area (Å²) in [5.41, 5.74) is 2.07. The van der Waals surface area contributed by atoms with Crippen LogP contribution in [0.25, 0.3) is 16.7 Å². The summed E-state index contributed by atoms with van der Waals surface area (Å²) in [7, 11) is 0. The molecule has 2 aromatic rings. The molecule has 1 aromatic carbocycles. The molecular formula is C11H11N3O. The van der Waals surface area contributed by atoms with E-state index in [1.165, 1.54) is 4.80 Å². The van der Waals surface area contributed by atoms with Crippen molar-refractivity contribution >= 4 is 16.7 Å². The molecule has 0 saturated heterocycles. The quantitative estimate of drug-likeness (QED) is 0.599. The molecule has 2 rings (SSSR count). The Hall–Kier alpha value is -2.10. The molecule has 0 atom stereocenters. The fourth-order valence-corrected chi connectivity index (χ4v) is 1.36. The Morgan fingerprint density at radius 3 is 2.27 bits per heavy atom. The number of nitrogens with zero attached hydrogens (tertiary/aromatic N) is 3. The fourth-order valence-electron chi connectivity index (χ4n) is 1.36. The van der Waals surface area contributed by atoms with Gasteiger partial charge in [-0.1, -0.05) is 24.8 Å². The van der Waals surface area contributed by atoms with Gasteiger partial charge in [-0.2, -0.15) is 0 Å². The van der Waals surface area contributed by atoms with Crippen LogP contribution in [-0.2, 0) is 0 Å². The number of aliphatic hydroxyl groups is 1. The van der Waals surface area contributed by atoms with Gasteiger partial charge in [0, 0.05) is 0 Å². The molecule has 1 N–H and O–H groups in total. The van der Waals surface area contributed by atoms with Crippen molar-refractivity contribution in [2.75, 3.05) is 0 Å². The Morgan fingerprint density at radius 1 is 1.33 bits per heavy atom. The van der Waals surface area contributed by atoms with E-state index in [-0.39, 0.29) is 5.76 Å². The van der Waals surface area contributed by atoms with Crippen LogP contribution < -0.4 is 0 Å². The minimum Gasteiger partial charge on any atom is -0.506 e. The van der Waals surface area contributed by atoms with Crippen LogP contribution in [0.4, 0.5) is 0 Å². The average Bonchev–Trinajstić information content (AvgIpc) is 2.61. The van der Waals surface area contributed by atoms with Gasteiger partial charge in [0.25, 0.3) is 0 Å². The maximum Gasteiger partial charge on any atom is 0.135 e. The predicted octanol–water partition coefficient (Wildman–Crippen LogP) is 2.36. The minimum absolute atomic E-state index is 0.0437. The molecule has 0 fully saturated rings. The highest BCUT2D eigenvalue weighted by atomic mass is 16.3. The second kappa shape index (κ2) is 3.57. The second-order valence-corrected chi connectivity index (χ2v) is 3.10. The summed E-state index contributed by atoms with van der Waals surface area (Å²) in [4.78, 5) is 1.38. The normalized spacial score (nSPS) is 11.9. The van der Waals surface area contributed by atoms with Crippen molar-refractivity contribution in [1.82, 2.24) is 15.0 Å². The standard InChI is InChI=1S/C11H11N3O/c1-3-11(8(2)15)14-12-9-6-4-5-7-10(9)13-14/h3-7,15H,2H2,1H3/b11-3+. The van der Waals surface area contributed by atoms with Gasteiger partial charge in [0.15, 0.2) is 0 Å². The van der Waals surface area contributed by atoms with Crippen molar-refractivity contribution in [3.05, 3.63) is 42.7 Å². The number of hydrogen-bond donors (Lipinski definition) is 1. The second-order valence-electron chi connectivity index (χ2n) is 3.10. The monoisotopic (exact) mass is 201 g/mol. The van der Waals surface area contributed by atoms with Crippen LogP contribution in [-0.4, -0.2) is 20.1 Å². The number of fused-ring (bicyclic) bond motifs is 1. The number of rotatable bonds is 2. The first kappa shape index (κ1) is 9.45. The number of allylic oxidation sites excluding steroid dienone is 2. The van der Waals surface area contributed by atoms with Crippen molar-refractivity contribution in [3.8, 4) is 0 Å². The molecule has 0 aliphatic carbocycles. The topological polar surface area (TPSA) is 50.9 Å². The lowest BCUT2D eigenvalue weighted by Gasteiger charge is -2.01. The molecule has 1 aromatic heterocycles. The first-order valence-electron chi connectivity index (χ1n) is 4.59. The van der Waals surface area contributed by atoms with Gasteiger partial charge >= 0.3 is 0 Å². The summed E-state index contributed by atoms with van der Waals surface area (Å²) in [5, 5.41) is 17.8. The zero-order chi connectivity index (χ0) is 10.8. The molecule has 0 aliphatic rings. The molecule has 76 valence electrons. The number of hydrogen-bond acceptors (Lipinski definition) is 3. The maximum atomic E-state index is 9.33. The summed E-state index contributed by atoms with van der Waals surface area (Å²) in [6.07, 6.45) is 1.71. The van der Waals surface area contributed by atoms with E-state index < -0.39 is 0 Å². The largest absolute Gasteiger partial charge is 0.506 e. The molecule has 4 nitrogen and oxygen atoms in total. The lowest BCUT2D eigenvalue weighted by molar-refractivity contribution is 0.431. The minimum atomic E-state index is -0.0437. The van der Waals surface area contributed by atoms with Crippen molar-refractivity contribution in [2.45, 2.75) is 6.92 Å². The first-order valence-corrected chi connectivity index (χ1v) is 4.59. The van der Waals surface area contributed by atoms with Gasteiger partial charge < -0.3 is 5.11 Å². The van der Waals surface area contributed by atoms with Gasteiger partial charge in [0.1, 0.15) is 22.5 Å². The van der Waals surface area contributed by atoms with Gasteiger partial charge in [-0.25, -0.2) is 0 Å². The Bertz CT molecular complexity index is 507. The number of aliphatic hydroxyl groups excluding tert-OH is 1. The number of benzene rings is 1. The average molecular weight is 201 g/mol. The van der Waals surface area contributed by atoms with Crippen molar-refractivity contribution in [3.63, 3.8) is 0 Å². The van der Waals surface area contributed by atoms with Crippen LogP contribution >= 0.6 is 0 Å². The summed E-state index contributed by atoms with van der Waals surface area (Å²) in [5.74, 6) is -0.0437. The fraction of sp³-hybridized carbons (Fsp3) is 0.0909. The third-order valence-corrected chi connectivity index (χ3v) is 2.07. The van der Waals surface area contributed by atoms with Crippen LogP contribution in [0.15, 0.2) is 42.7 Å². The van der Waals surface area contributed by atoms with Crippen LogP contribution in [0.5, 0.6) is 0 Å². The third kappa shape index (κ3) is 1.61. The predicted molar refractivity (Wildman–Crippen MR) is 59.2 cm³/mol. The summed E-state index contributed by atoms with van der Waals surface area (Å²) in [6.45, 7) is 5.26. The van der Waals surface area contributed by atoms with Gasteiger partial charge in [-0.15, -0.1) is 15.0 Å². The smallest absolute Gasteiger partial charge is 0.135 e. The van der Waals surface area contributed by atoms with E-state index in [4.69, 9.17) is 0 Å². The molecule has 0 unspecified atom stereocenters. The lowest BCUT2D eigenvalue weighted by Crippen LogP contribution is -2.02. The molecule has 0 radical (unpaired) electrons. The van der Waals surface area contributed by atoms with Crippen LogP contribution in [0, 0.1) is 0 Å². The summed E-state index contributed by atoms with van der Waals surface area (Å²) < 4.78 is 0. The van der Waals surface area contributed by atoms with Gasteiger partial charge in [0.05, 0.1) is 0 Å². The van der Waals surface area contributed by atoms with Gasteiger partial charge in [0.2, 0.25) is 0 Å². The highest BCUT2D eigenvalue weighted by Crippen LogP contribution is 2.13. The van der Waals surface area contributed by atoms with Crippen molar-refractivity contribution in [2.24, 2.45) is 0 Å². The van der Waals surface area contributed by atoms with Crippen LogP contribution in [0.3, 0.4) is 0 Å². The Kier molecular flexibility index (Phi) is 2.25. The SMILES string of the molecule is C=C(O)/C(=C\C)n1nc2ccccc2n1. The zero-order valence-corrected chi connectivity index (χ0v) is 8.38. The third-order valence-electron chi connectivity index (χ3n) is 2.07. The van der Waals surface area contributed by atoms with Crippen LogP contribution in [0.2, 0.25) is 0 Å². The Balaban J connectivity index is 2.58. The molecular weight excluding hydrogens is 190 g/mol. The molecule has 4 heteroatoms. The summed E-state index contributed by atoms with van der Waals surface area (Å²) in [6, 6.07) is 7.52. The van der Waals surface area contributed by atoms with E-state index in [1.807, 2.05) is 24.3 Å². The highest BCUT2D eigenvalue weighted by molar-refractivity contribution is 5.74. The van der Waals surface area contributed by atoms with Crippen molar-refractivity contribution < 1.29 is 5.11 Å². The molecule has 15 heavy (non-hydrogen) atoms. The molecule has 0 bridgehead atoms. The summed E-state index contributed by atoms with van der Waals surface area (Å²) >= 11 is 0. The van der Waals surface area contributed by atoms with Crippen LogP contribution in [0.1, 0.15) is 6.92 Å². The lowest BCUT2D eigenvalue weighted by atomic mass is 10.3. The van der Waals surface area contributed by atoms with Gasteiger partial charge in [-0.3, -0.25) is 0 Å². The molecule has 0 amide bonds. The molecule has 0 aliphatic heterocycles. The molecule has 1 heterocycles. The maximum absolute atomic E-state index is 9.33. The Labute approximate surface area is 87.1 Å². The Morgan fingerprint density at radius 2 is 1.87 bits per heavy atom. The first-order chi connectivity index (χ1) is 7.22. The van der Waals surface area contributed by atoms with E-state index in [9.17, 15) is 5.11 Å². The zero-order valence-electron chi connectivity index (χ0n) is 8.38. The molecule has 0 saturated carbocycles. The van der Waals surface area contributed by atoms with E-state index in [0.29, 0.717) is 5.70 Å². The molecule has 0 spiro atoms. The van der Waals surface area contributed by atoms with E-state index >= 15 is 0 Å². The van der Waals surface area contributed by atoms with Crippen molar-refractivity contribution in [1.29, 1.82) is 0 Å². The highest BCUT2D eigenvalue weighted by Gasteiger charge is 2.07. The number of aromatic nitrogens is 3.